The Balaban J connectivity index is 1.94. The van der Waals surface area contributed by atoms with E-state index in [-0.39, 0.29) is 23.6 Å². The van der Waals surface area contributed by atoms with Gasteiger partial charge in [0.15, 0.2) is 5.16 Å². The molecule has 0 spiro atoms. The second-order valence-electron chi connectivity index (χ2n) is 4.43. The van der Waals surface area contributed by atoms with Crippen molar-refractivity contribution in [2.45, 2.75) is 30.5 Å². The van der Waals surface area contributed by atoms with Crippen LogP contribution in [0, 0.1) is 0 Å². The van der Waals surface area contributed by atoms with Crippen LogP contribution >= 0.6 is 11.8 Å². The van der Waals surface area contributed by atoms with Gasteiger partial charge in [-0.2, -0.15) is 0 Å². The molecular weight excluding hydrogens is 282 g/mol. The second kappa shape index (κ2) is 6.56. The third-order valence-corrected chi connectivity index (χ3v) is 3.48. The van der Waals surface area contributed by atoms with E-state index in [1.807, 2.05) is 0 Å². The maximum atomic E-state index is 11.5. The quantitative estimate of drug-likeness (QED) is 0.430. The van der Waals surface area contributed by atoms with Gasteiger partial charge < -0.3 is 15.0 Å². The number of carbonyl (C=O) groups excluding carboxylic acids is 2. The van der Waals surface area contributed by atoms with Crippen LogP contribution in [0.3, 0.4) is 0 Å². The molecule has 1 aromatic heterocycles. The van der Waals surface area contributed by atoms with Crippen LogP contribution in [-0.2, 0) is 20.7 Å². The lowest BCUT2D eigenvalue weighted by Crippen LogP contribution is -2.27. The van der Waals surface area contributed by atoms with Crippen LogP contribution in [0.4, 0.5) is 0 Å². The highest BCUT2D eigenvalue weighted by Crippen LogP contribution is 2.19. The number of aromatic amines is 1. The van der Waals surface area contributed by atoms with Crippen LogP contribution < -0.4 is 10.9 Å². The topological polar surface area (TPSA) is 101 Å². The molecule has 1 saturated carbocycles. The molecule has 1 fully saturated rings. The Morgan fingerprint density at radius 2 is 2.30 bits per heavy atom. The van der Waals surface area contributed by atoms with Crippen LogP contribution in [0.5, 0.6) is 0 Å². The fourth-order valence-electron chi connectivity index (χ4n) is 1.49. The Bertz CT molecular complexity index is 568. The van der Waals surface area contributed by atoms with Gasteiger partial charge in [0.05, 0.1) is 25.0 Å². The van der Waals surface area contributed by atoms with Gasteiger partial charge in [0, 0.05) is 12.1 Å². The minimum atomic E-state index is -0.467. The van der Waals surface area contributed by atoms with E-state index < -0.39 is 5.97 Å². The van der Waals surface area contributed by atoms with E-state index in [1.165, 1.54) is 13.2 Å². The number of hydrogen-bond acceptors (Lipinski definition) is 6. The predicted molar refractivity (Wildman–Crippen MR) is 72.5 cm³/mol. The van der Waals surface area contributed by atoms with Gasteiger partial charge in [-0.05, 0) is 12.8 Å². The molecule has 108 valence electrons. The Hall–Kier alpha value is -1.83. The predicted octanol–water partition coefficient (Wildman–Crippen LogP) is -0.144. The number of nitrogens with zero attached hydrogens (tertiary/aromatic N) is 1. The van der Waals surface area contributed by atoms with Crippen molar-refractivity contribution in [3.63, 3.8) is 0 Å². The molecule has 1 heterocycles. The van der Waals surface area contributed by atoms with Crippen LogP contribution in [0.15, 0.2) is 16.0 Å². The molecule has 0 saturated heterocycles. The molecule has 1 aliphatic rings. The minimum absolute atomic E-state index is 0.0672. The lowest BCUT2D eigenvalue weighted by molar-refractivity contribution is -0.139. The molecule has 20 heavy (non-hydrogen) atoms. The number of amides is 1. The van der Waals surface area contributed by atoms with Gasteiger partial charge in [0.1, 0.15) is 0 Å². The standard InChI is InChI=1S/C12H15N3O4S/c1-19-11(18)5-8-4-9(16)15-12(14-8)20-6-10(17)13-7-2-3-7/h4,7H,2-3,5-6H2,1H3,(H,13,17)(H,14,15,16). The number of esters is 1. The van der Waals surface area contributed by atoms with Crippen molar-refractivity contribution in [2.75, 3.05) is 12.9 Å². The highest BCUT2D eigenvalue weighted by molar-refractivity contribution is 7.99. The molecule has 0 bridgehead atoms. The normalized spacial score (nSPS) is 13.8. The summed E-state index contributed by atoms with van der Waals surface area (Å²) in [5.41, 5.74) is -0.0327. The summed E-state index contributed by atoms with van der Waals surface area (Å²) in [6.45, 7) is 0. The molecule has 0 aliphatic heterocycles. The van der Waals surface area contributed by atoms with Crippen LogP contribution in [0.1, 0.15) is 18.5 Å². The molecule has 0 radical (unpaired) electrons. The van der Waals surface area contributed by atoms with Crippen molar-refractivity contribution in [3.8, 4) is 0 Å². The average Bonchev–Trinajstić information content (AvgIpc) is 3.19. The van der Waals surface area contributed by atoms with Crippen molar-refractivity contribution in [1.29, 1.82) is 0 Å². The average molecular weight is 297 g/mol. The summed E-state index contributed by atoms with van der Waals surface area (Å²) < 4.78 is 4.52. The van der Waals surface area contributed by atoms with Gasteiger partial charge in [-0.25, -0.2) is 4.98 Å². The van der Waals surface area contributed by atoms with Crippen molar-refractivity contribution in [1.82, 2.24) is 15.3 Å². The maximum Gasteiger partial charge on any atom is 0.311 e. The summed E-state index contributed by atoms with van der Waals surface area (Å²) in [7, 11) is 1.27. The van der Waals surface area contributed by atoms with Crippen molar-refractivity contribution < 1.29 is 14.3 Å². The van der Waals surface area contributed by atoms with Crippen molar-refractivity contribution >= 4 is 23.6 Å². The third-order valence-electron chi connectivity index (χ3n) is 2.61. The number of nitrogens with one attached hydrogen (secondary N) is 2. The van der Waals surface area contributed by atoms with E-state index >= 15 is 0 Å². The lowest BCUT2D eigenvalue weighted by atomic mass is 10.3. The van der Waals surface area contributed by atoms with Crippen LogP contribution in [-0.4, -0.2) is 40.7 Å². The zero-order valence-electron chi connectivity index (χ0n) is 11.0. The SMILES string of the molecule is COC(=O)Cc1cc(=O)[nH]c(SCC(=O)NC2CC2)n1. The zero-order chi connectivity index (χ0) is 14.5. The molecule has 8 heteroatoms. The largest absolute Gasteiger partial charge is 0.469 e. The number of ether oxygens (including phenoxy) is 1. The number of H-pyrrole nitrogens is 1. The minimum Gasteiger partial charge on any atom is -0.469 e. The van der Waals surface area contributed by atoms with Gasteiger partial charge >= 0.3 is 5.97 Å². The van der Waals surface area contributed by atoms with Gasteiger partial charge in [0.2, 0.25) is 5.91 Å². The second-order valence-corrected chi connectivity index (χ2v) is 5.39. The highest BCUT2D eigenvalue weighted by Gasteiger charge is 2.23. The van der Waals surface area contributed by atoms with E-state index in [9.17, 15) is 14.4 Å². The van der Waals surface area contributed by atoms with E-state index in [1.54, 1.807) is 0 Å². The Morgan fingerprint density at radius 1 is 1.55 bits per heavy atom. The van der Waals surface area contributed by atoms with E-state index in [0.717, 1.165) is 24.6 Å². The number of thioether (sulfide) groups is 1. The number of carbonyl (C=O) groups is 2. The molecule has 7 nitrogen and oxygen atoms in total. The fraction of sp³-hybridized carbons (Fsp3) is 0.500. The first-order valence-electron chi connectivity index (χ1n) is 6.16. The number of methoxy groups -OCH3 is 1. The van der Waals surface area contributed by atoms with E-state index in [2.05, 4.69) is 20.0 Å². The summed E-state index contributed by atoms with van der Waals surface area (Å²) in [4.78, 5) is 40.8. The Labute approximate surface area is 119 Å². The third kappa shape index (κ3) is 4.69. The molecule has 2 N–H and O–H groups in total. The molecule has 0 atom stereocenters. The summed E-state index contributed by atoms with van der Waals surface area (Å²) in [6.07, 6.45) is 1.99. The fourth-order valence-corrected chi connectivity index (χ4v) is 2.20. The van der Waals surface area contributed by atoms with Gasteiger partial charge in [-0.1, -0.05) is 11.8 Å². The molecule has 1 aromatic rings. The molecular formula is C12H15N3O4S. The molecule has 0 unspecified atom stereocenters. The van der Waals surface area contributed by atoms with Crippen molar-refractivity contribution in [2.24, 2.45) is 0 Å². The first-order valence-corrected chi connectivity index (χ1v) is 7.14. The number of aromatic nitrogens is 2. The number of hydrogen-bond donors (Lipinski definition) is 2. The smallest absolute Gasteiger partial charge is 0.311 e. The summed E-state index contributed by atoms with van der Waals surface area (Å²) in [6, 6.07) is 1.55. The monoisotopic (exact) mass is 297 g/mol. The molecule has 1 amide bonds. The van der Waals surface area contributed by atoms with Gasteiger partial charge in [0.25, 0.3) is 5.56 Å². The lowest BCUT2D eigenvalue weighted by Gasteiger charge is -2.04. The van der Waals surface area contributed by atoms with Crippen molar-refractivity contribution in [3.05, 3.63) is 22.1 Å². The highest BCUT2D eigenvalue weighted by atomic mass is 32.2. The molecule has 2 rings (SSSR count). The summed E-state index contributed by atoms with van der Waals surface area (Å²) in [5.74, 6) is -0.370. The molecule has 0 aromatic carbocycles. The summed E-state index contributed by atoms with van der Waals surface area (Å²) >= 11 is 1.13. The Morgan fingerprint density at radius 3 is 2.95 bits per heavy atom. The molecule has 1 aliphatic carbocycles. The zero-order valence-corrected chi connectivity index (χ0v) is 11.8. The maximum absolute atomic E-state index is 11.5. The van der Waals surface area contributed by atoms with E-state index in [0.29, 0.717) is 16.9 Å². The summed E-state index contributed by atoms with van der Waals surface area (Å²) in [5, 5.41) is 3.16. The first-order chi connectivity index (χ1) is 9.56. The van der Waals surface area contributed by atoms with Crippen LogP contribution in [0.25, 0.3) is 0 Å². The number of rotatable bonds is 6. The van der Waals surface area contributed by atoms with Gasteiger partial charge in [-0.15, -0.1) is 0 Å². The van der Waals surface area contributed by atoms with Gasteiger partial charge in [-0.3, -0.25) is 14.4 Å². The van der Waals surface area contributed by atoms with E-state index in [4.69, 9.17) is 0 Å². The van der Waals surface area contributed by atoms with Crippen LogP contribution in [0.2, 0.25) is 0 Å². The Kier molecular flexibility index (Phi) is 4.78. The first kappa shape index (κ1) is 14.6.